The van der Waals surface area contributed by atoms with Crippen LogP contribution >= 0.6 is 0 Å². The van der Waals surface area contributed by atoms with E-state index in [0.29, 0.717) is 13.2 Å². The minimum atomic E-state index is -0.621. The number of hydrogen-bond donors (Lipinski definition) is 3. The number of anilines is 2. The van der Waals surface area contributed by atoms with Gasteiger partial charge in [-0.3, -0.25) is 9.59 Å². The number of aryl methyl sites for hydroxylation is 2. The van der Waals surface area contributed by atoms with E-state index in [1.165, 1.54) is 0 Å². The zero-order chi connectivity index (χ0) is 24.9. The molecule has 4 N–H and O–H groups in total. The van der Waals surface area contributed by atoms with E-state index in [4.69, 9.17) is 15.5 Å². The number of nitrogens with zero attached hydrogens (tertiary/aromatic N) is 4. The Morgan fingerprint density at radius 3 is 2.86 bits per heavy atom. The molecule has 188 valence electrons. The third-order valence-corrected chi connectivity index (χ3v) is 6.60. The fraction of sp³-hybridized carbons (Fsp3) is 0.520. The first-order chi connectivity index (χ1) is 16.9. The van der Waals surface area contributed by atoms with E-state index in [2.05, 4.69) is 22.7 Å². The molecule has 1 saturated carbocycles. The summed E-state index contributed by atoms with van der Waals surface area (Å²) < 4.78 is 8.84. The van der Waals surface area contributed by atoms with Crippen LogP contribution in [-0.2, 0) is 29.5 Å². The van der Waals surface area contributed by atoms with E-state index in [1.54, 1.807) is 24.6 Å². The fourth-order valence-electron chi connectivity index (χ4n) is 4.51. The molecule has 3 atom stereocenters. The lowest BCUT2D eigenvalue weighted by Crippen LogP contribution is -2.38. The summed E-state index contributed by atoms with van der Waals surface area (Å²) in [5.74, 6) is 1.39. The lowest BCUT2D eigenvalue weighted by Gasteiger charge is -2.32. The topological polar surface area (TPSA) is 129 Å². The summed E-state index contributed by atoms with van der Waals surface area (Å²) in [6.45, 7) is 4.61. The molecule has 0 radical (unpaired) electrons. The van der Waals surface area contributed by atoms with Crippen LogP contribution in [-0.4, -0.2) is 43.8 Å². The van der Waals surface area contributed by atoms with Crippen LogP contribution in [0, 0.1) is 5.92 Å². The summed E-state index contributed by atoms with van der Waals surface area (Å²) >= 11 is 0. The quantitative estimate of drug-likeness (QED) is 0.398. The van der Waals surface area contributed by atoms with Gasteiger partial charge in [-0.2, -0.15) is 9.61 Å². The predicted octanol–water partition coefficient (Wildman–Crippen LogP) is 2.46. The Morgan fingerprint density at radius 2 is 2.11 bits per heavy atom. The molecular weight excluding hydrogens is 446 g/mol. The summed E-state index contributed by atoms with van der Waals surface area (Å²) in [4.78, 5) is 28.5. The predicted molar refractivity (Wildman–Crippen MR) is 135 cm³/mol. The van der Waals surface area contributed by atoms with E-state index < -0.39 is 6.04 Å². The summed E-state index contributed by atoms with van der Waals surface area (Å²) in [6, 6.07) is 4.87. The molecule has 0 aliphatic heterocycles. The van der Waals surface area contributed by atoms with Crippen LogP contribution in [0.4, 0.5) is 11.6 Å². The molecule has 35 heavy (non-hydrogen) atoms. The average Bonchev–Trinajstić information content (AvgIpc) is 3.27. The highest BCUT2D eigenvalue weighted by Gasteiger charge is 2.27. The SMILES string of the molecule is CCc1cnn2c(NCc3ccc(=O)n(C)c3)cc(N[C@H]3CCCC[C@H]3COC(=O)[C@H](C)N)nc12. The first-order valence-electron chi connectivity index (χ1n) is 12.3. The van der Waals surface area contributed by atoms with Crippen LogP contribution < -0.4 is 21.9 Å². The smallest absolute Gasteiger partial charge is 0.322 e. The zero-order valence-corrected chi connectivity index (χ0v) is 20.7. The number of nitrogens with two attached hydrogens (primary N) is 1. The molecule has 0 aromatic carbocycles. The molecule has 10 nitrogen and oxygen atoms in total. The number of nitrogens with one attached hydrogen (secondary N) is 2. The third kappa shape index (κ3) is 5.82. The average molecular weight is 482 g/mol. The minimum Gasteiger partial charge on any atom is -0.464 e. The number of carbonyl (C=O) groups excluding carboxylic acids is 1. The second kappa shape index (κ2) is 10.9. The molecule has 0 bridgehead atoms. The van der Waals surface area contributed by atoms with Crippen molar-refractivity contribution in [3.63, 3.8) is 0 Å². The summed E-state index contributed by atoms with van der Waals surface area (Å²) in [5, 5.41) is 11.6. The van der Waals surface area contributed by atoms with Gasteiger partial charge in [0.15, 0.2) is 5.65 Å². The summed E-state index contributed by atoms with van der Waals surface area (Å²) in [7, 11) is 1.74. The molecule has 3 heterocycles. The summed E-state index contributed by atoms with van der Waals surface area (Å²) in [5.41, 5.74) is 8.45. The highest BCUT2D eigenvalue weighted by molar-refractivity contribution is 5.74. The Morgan fingerprint density at radius 1 is 1.31 bits per heavy atom. The van der Waals surface area contributed by atoms with Crippen LogP contribution in [0.25, 0.3) is 5.65 Å². The second-order valence-corrected chi connectivity index (χ2v) is 9.34. The number of pyridine rings is 1. The maximum absolute atomic E-state index is 11.9. The Hall–Kier alpha value is -3.40. The van der Waals surface area contributed by atoms with Gasteiger partial charge in [-0.1, -0.05) is 25.8 Å². The molecule has 0 amide bonds. The Labute approximate surface area is 204 Å². The maximum atomic E-state index is 11.9. The normalized spacial score (nSPS) is 18.9. The molecule has 3 aromatic rings. The van der Waals surface area contributed by atoms with Gasteiger partial charge >= 0.3 is 5.97 Å². The number of aromatic nitrogens is 4. The van der Waals surface area contributed by atoms with Gasteiger partial charge in [0.05, 0.1) is 12.8 Å². The molecule has 10 heteroatoms. The first-order valence-corrected chi connectivity index (χ1v) is 12.3. The van der Waals surface area contributed by atoms with Crippen molar-refractivity contribution in [3.8, 4) is 0 Å². The molecule has 1 fully saturated rings. The van der Waals surface area contributed by atoms with Crippen molar-refractivity contribution >= 4 is 23.3 Å². The van der Waals surface area contributed by atoms with Gasteiger partial charge < -0.3 is 25.7 Å². The van der Waals surface area contributed by atoms with E-state index in [-0.39, 0.29) is 23.5 Å². The van der Waals surface area contributed by atoms with Crippen LogP contribution in [0.1, 0.15) is 50.7 Å². The van der Waals surface area contributed by atoms with Crippen molar-refractivity contribution in [2.45, 2.75) is 64.6 Å². The van der Waals surface area contributed by atoms with Gasteiger partial charge in [-0.15, -0.1) is 0 Å². The van der Waals surface area contributed by atoms with Crippen molar-refractivity contribution in [1.29, 1.82) is 0 Å². The number of esters is 1. The van der Waals surface area contributed by atoms with Gasteiger partial charge in [-0.05, 0) is 31.7 Å². The lowest BCUT2D eigenvalue weighted by atomic mass is 9.85. The van der Waals surface area contributed by atoms with E-state index in [9.17, 15) is 9.59 Å². The van der Waals surface area contributed by atoms with Gasteiger partial charge in [0.1, 0.15) is 17.7 Å². The van der Waals surface area contributed by atoms with Crippen molar-refractivity contribution < 1.29 is 9.53 Å². The number of carbonyl (C=O) groups is 1. The lowest BCUT2D eigenvalue weighted by molar-refractivity contribution is -0.146. The largest absolute Gasteiger partial charge is 0.464 e. The number of rotatable bonds is 9. The fourth-order valence-corrected chi connectivity index (χ4v) is 4.51. The number of fused-ring (bicyclic) bond motifs is 1. The van der Waals surface area contributed by atoms with Gasteiger partial charge in [0.25, 0.3) is 0 Å². The monoisotopic (exact) mass is 481 g/mol. The first kappa shape index (κ1) is 24.7. The number of hydrogen-bond acceptors (Lipinski definition) is 8. The Balaban J connectivity index is 1.56. The molecule has 0 unspecified atom stereocenters. The second-order valence-electron chi connectivity index (χ2n) is 9.34. The molecule has 4 rings (SSSR count). The molecule has 0 spiro atoms. The zero-order valence-electron chi connectivity index (χ0n) is 20.7. The van der Waals surface area contributed by atoms with E-state index >= 15 is 0 Å². The maximum Gasteiger partial charge on any atom is 0.322 e. The highest BCUT2D eigenvalue weighted by atomic mass is 16.5. The van der Waals surface area contributed by atoms with E-state index in [0.717, 1.165) is 60.5 Å². The van der Waals surface area contributed by atoms with Crippen molar-refractivity contribution in [1.82, 2.24) is 19.2 Å². The van der Waals surface area contributed by atoms with Crippen molar-refractivity contribution in [2.24, 2.45) is 18.7 Å². The van der Waals surface area contributed by atoms with Crippen molar-refractivity contribution in [3.05, 3.63) is 52.1 Å². The molecule has 3 aromatic heterocycles. The molecule has 1 aliphatic carbocycles. The van der Waals surface area contributed by atoms with Crippen LogP contribution in [0.15, 0.2) is 35.4 Å². The van der Waals surface area contributed by atoms with Gasteiger partial charge in [0.2, 0.25) is 5.56 Å². The van der Waals surface area contributed by atoms with Crippen molar-refractivity contribution in [2.75, 3.05) is 17.2 Å². The van der Waals surface area contributed by atoms with E-state index in [1.807, 2.05) is 29.0 Å². The standard InChI is InChI=1S/C25H35N7O3/c1-4-18-13-28-32-22(27-12-17-9-10-23(33)31(3)14-17)11-21(30-24(18)32)29-20-8-6-5-7-19(20)15-35-25(34)16(2)26/h9-11,13-14,16,19-20,27H,4-8,12,15,26H2,1-3H3,(H,29,30)/t16-,19-,20-/m0/s1. The van der Waals surface area contributed by atoms with Gasteiger partial charge in [-0.25, -0.2) is 4.98 Å². The summed E-state index contributed by atoms with van der Waals surface area (Å²) in [6.07, 6.45) is 8.68. The van der Waals surface area contributed by atoms with Gasteiger partial charge in [0, 0.05) is 49.4 Å². The van der Waals surface area contributed by atoms with Crippen LogP contribution in [0.3, 0.4) is 0 Å². The van der Waals surface area contributed by atoms with Crippen LogP contribution in [0.5, 0.6) is 0 Å². The minimum absolute atomic E-state index is 0.0418. The third-order valence-electron chi connectivity index (χ3n) is 6.60. The molecular formula is C25H35N7O3. The highest BCUT2D eigenvalue weighted by Crippen LogP contribution is 2.29. The Kier molecular flexibility index (Phi) is 7.70. The Bertz CT molecular complexity index is 1230. The molecule has 0 saturated heterocycles. The number of ether oxygens (including phenoxy) is 1. The molecule has 1 aliphatic rings. The van der Waals surface area contributed by atoms with Crippen LogP contribution in [0.2, 0.25) is 0 Å².